The van der Waals surface area contributed by atoms with Crippen molar-refractivity contribution in [2.75, 3.05) is 57.8 Å². The average molecular weight is 571 g/mol. The maximum atomic E-state index is 12.8. The van der Waals surface area contributed by atoms with Crippen molar-refractivity contribution in [3.05, 3.63) is 41.4 Å². The van der Waals surface area contributed by atoms with Crippen LogP contribution in [0.3, 0.4) is 0 Å². The first-order valence-electron chi connectivity index (χ1n) is 12.4. The van der Waals surface area contributed by atoms with E-state index in [1.165, 1.54) is 0 Å². The Kier molecular flexibility index (Phi) is 9.52. The van der Waals surface area contributed by atoms with Crippen molar-refractivity contribution in [2.45, 2.75) is 50.3 Å². The zero-order chi connectivity index (χ0) is 28.3. The van der Waals surface area contributed by atoms with Crippen molar-refractivity contribution in [3.8, 4) is 0 Å². The normalized spacial score (nSPS) is 19.2. The molecule has 0 bridgehead atoms. The van der Waals surface area contributed by atoms with Crippen molar-refractivity contribution in [1.82, 2.24) is 14.7 Å². The number of hydrogen-bond donors (Lipinski definition) is 0. The molecule has 0 saturated carbocycles. The van der Waals surface area contributed by atoms with E-state index < -0.39 is 30.1 Å². The molecule has 214 valence electrons. The molecule has 3 rings (SSSR count). The number of likely N-dealkylation sites (N-methyl/N-ethyl adjacent to an activating group) is 2. The highest BCUT2D eigenvalue weighted by Crippen LogP contribution is 2.38. The summed E-state index contributed by atoms with van der Waals surface area (Å²) in [5, 5.41) is 0.640. The number of benzene rings is 1. The van der Waals surface area contributed by atoms with E-state index in [9.17, 15) is 31.1 Å². The highest BCUT2D eigenvalue weighted by Gasteiger charge is 2.60. The van der Waals surface area contributed by atoms with Crippen molar-refractivity contribution < 1.29 is 35.9 Å². The quantitative estimate of drug-likeness (QED) is 0.317. The van der Waals surface area contributed by atoms with Gasteiger partial charge in [0.15, 0.2) is 0 Å². The Labute approximate surface area is 223 Å². The van der Waals surface area contributed by atoms with Crippen LogP contribution in [0.4, 0.5) is 36.8 Å². The molecule has 2 heterocycles. The van der Waals surface area contributed by atoms with Gasteiger partial charge in [0.25, 0.3) is 6.10 Å². The molecule has 0 aliphatic carbocycles. The molecule has 1 amide bonds. The molecule has 2 fully saturated rings. The third-order valence-corrected chi connectivity index (χ3v) is 7.79. The monoisotopic (exact) mass is 570 g/mol. The minimum Gasteiger partial charge on any atom is -0.426 e. The Morgan fingerprint density at radius 1 is 1.11 bits per heavy atom. The number of rotatable bonds is 7. The van der Waals surface area contributed by atoms with Crippen molar-refractivity contribution in [2.24, 2.45) is 0 Å². The number of likely N-dealkylation sites (tertiary alicyclic amines) is 1. The molecule has 1 aromatic rings. The fraction of sp³-hybridized carbons (Fsp3) is 0.640. The lowest BCUT2D eigenvalue weighted by Gasteiger charge is -2.47. The summed E-state index contributed by atoms with van der Waals surface area (Å²) >= 11 is 6.83. The minimum absolute atomic E-state index is 0.0845. The van der Waals surface area contributed by atoms with E-state index in [4.69, 9.17) is 11.6 Å². The number of carbonyl (C=O) groups excluding carboxylic acids is 1. The van der Waals surface area contributed by atoms with E-state index in [-0.39, 0.29) is 25.9 Å². The maximum Gasteiger partial charge on any atom is 0.434 e. The van der Waals surface area contributed by atoms with Crippen LogP contribution in [0.1, 0.15) is 25.3 Å². The van der Waals surface area contributed by atoms with Crippen LogP contribution in [0.15, 0.2) is 30.9 Å². The van der Waals surface area contributed by atoms with Crippen LogP contribution in [0.5, 0.6) is 0 Å². The maximum absolute atomic E-state index is 12.8. The molecule has 0 spiro atoms. The number of piperazine rings is 1. The zero-order valence-electron chi connectivity index (χ0n) is 21.4. The lowest BCUT2D eigenvalue weighted by Crippen LogP contribution is -2.56. The predicted molar refractivity (Wildman–Crippen MR) is 133 cm³/mol. The molecular weight excluding hydrogens is 538 g/mol. The summed E-state index contributed by atoms with van der Waals surface area (Å²) in [6, 6.07) is 5.86. The lowest BCUT2D eigenvalue weighted by atomic mass is 9.85. The molecule has 0 aromatic heterocycles. The van der Waals surface area contributed by atoms with Gasteiger partial charge in [0.05, 0.1) is 10.7 Å². The number of anilines is 1. The van der Waals surface area contributed by atoms with Crippen LogP contribution in [-0.2, 0) is 11.3 Å². The smallest absolute Gasteiger partial charge is 0.426 e. The summed E-state index contributed by atoms with van der Waals surface area (Å²) in [5.74, 6) is 0. The Morgan fingerprint density at radius 2 is 1.68 bits per heavy atom. The number of carbonyl (C=O) groups is 1. The van der Waals surface area contributed by atoms with Gasteiger partial charge < -0.3 is 19.4 Å². The van der Waals surface area contributed by atoms with Gasteiger partial charge in [-0.15, -0.1) is 6.58 Å². The second-order valence-electron chi connectivity index (χ2n) is 9.70. The molecule has 0 atom stereocenters. The third-order valence-electron chi connectivity index (χ3n) is 7.36. The zero-order valence-corrected chi connectivity index (χ0v) is 22.2. The van der Waals surface area contributed by atoms with Crippen molar-refractivity contribution in [1.29, 1.82) is 0 Å². The summed E-state index contributed by atoms with van der Waals surface area (Å²) in [4.78, 5) is 19.7. The van der Waals surface area contributed by atoms with Crippen LogP contribution in [0, 0.1) is 0 Å². The fourth-order valence-corrected chi connectivity index (χ4v) is 5.30. The SMILES string of the molecule is C=CC1(N(CC)Cc2cccc(N3CCN(C)CC3)c2Cl)CCN(C(=O)OC(C(F)(F)F)C(F)(F)F)CC1. The number of amides is 1. The Balaban J connectivity index is 1.70. The van der Waals surface area contributed by atoms with E-state index >= 15 is 0 Å². The predicted octanol–water partition coefficient (Wildman–Crippen LogP) is 5.56. The van der Waals surface area contributed by atoms with Crippen molar-refractivity contribution >= 4 is 23.4 Å². The Bertz CT molecular complexity index is 960. The third kappa shape index (κ3) is 6.87. The summed E-state index contributed by atoms with van der Waals surface area (Å²) < 4.78 is 80.8. The molecule has 0 radical (unpaired) electrons. The summed E-state index contributed by atoms with van der Waals surface area (Å²) in [6.07, 6.45) is -15.1. The largest absolute Gasteiger partial charge is 0.434 e. The summed E-state index contributed by atoms with van der Waals surface area (Å²) in [7, 11) is 2.07. The van der Waals surface area contributed by atoms with Gasteiger partial charge in [-0.25, -0.2) is 4.79 Å². The fourth-order valence-electron chi connectivity index (χ4n) is 4.99. The van der Waals surface area contributed by atoms with Gasteiger partial charge in [0.1, 0.15) is 0 Å². The van der Waals surface area contributed by atoms with E-state index in [0.717, 1.165) is 42.3 Å². The number of ether oxygens (including phenoxy) is 1. The molecule has 0 unspecified atom stereocenters. The van der Waals surface area contributed by atoms with Crippen molar-refractivity contribution in [3.63, 3.8) is 0 Å². The first-order valence-corrected chi connectivity index (χ1v) is 12.8. The molecule has 1 aromatic carbocycles. The van der Waals surface area contributed by atoms with Gasteiger partial charge >= 0.3 is 18.4 Å². The first-order chi connectivity index (χ1) is 17.7. The summed E-state index contributed by atoms with van der Waals surface area (Å²) in [5.41, 5.74) is 1.21. The van der Waals surface area contributed by atoms with Gasteiger partial charge in [-0.05, 0) is 38.1 Å². The number of halogens is 7. The van der Waals surface area contributed by atoms with Gasteiger partial charge in [0.2, 0.25) is 0 Å². The topological polar surface area (TPSA) is 39.3 Å². The van der Waals surface area contributed by atoms with Crippen LogP contribution in [0.2, 0.25) is 5.02 Å². The molecule has 2 aliphatic heterocycles. The van der Waals surface area contributed by atoms with E-state index in [0.29, 0.717) is 18.1 Å². The van der Waals surface area contributed by atoms with Crippen LogP contribution >= 0.6 is 11.6 Å². The number of hydrogen-bond acceptors (Lipinski definition) is 5. The van der Waals surface area contributed by atoms with Crippen LogP contribution in [0.25, 0.3) is 0 Å². The van der Waals surface area contributed by atoms with E-state index in [1.54, 1.807) is 6.08 Å². The minimum atomic E-state index is -5.76. The first kappa shape index (κ1) is 30.4. The molecule has 2 saturated heterocycles. The molecular formula is C25H33ClF6N4O2. The standard InChI is InChI=1S/C25H33ClF6N4O2/c1-4-23(9-11-35(12-10-23)22(37)38-21(24(27,28)29)25(30,31)32)36(5-2)17-18-7-6-8-19(20(18)26)34-15-13-33(3)14-16-34/h4,6-8,21H,1,5,9-17H2,2-3H3. The number of piperidine rings is 1. The Morgan fingerprint density at radius 3 is 2.18 bits per heavy atom. The molecule has 13 heteroatoms. The molecule has 38 heavy (non-hydrogen) atoms. The molecule has 6 nitrogen and oxygen atoms in total. The van der Waals surface area contributed by atoms with Gasteiger partial charge in [0, 0.05) is 51.4 Å². The summed E-state index contributed by atoms with van der Waals surface area (Å²) in [6.45, 7) is 10.3. The van der Waals surface area contributed by atoms with Gasteiger partial charge in [-0.3, -0.25) is 4.90 Å². The second kappa shape index (κ2) is 11.9. The molecule has 2 aliphatic rings. The highest BCUT2D eigenvalue weighted by molar-refractivity contribution is 6.34. The van der Waals surface area contributed by atoms with E-state index in [2.05, 4.69) is 33.1 Å². The Hall–Kier alpha value is -2.18. The second-order valence-corrected chi connectivity index (χ2v) is 10.1. The van der Waals surface area contributed by atoms with Gasteiger partial charge in [-0.2, -0.15) is 26.3 Å². The molecule has 0 N–H and O–H groups in total. The number of nitrogens with zero attached hydrogens (tertiary/aromatic N) is 4. The highest BCUT2D eigenvalue weighted by atomic mass is 35.5. The van der Waals surface area contributed by atoms with Crippen LogP contribution < -0.4 is 4.90 Å². The van der Waals surface area contributed by atoms with Gasteiger partial charge in [-0.1, -0.05) is 36.7 Å². The number of alkyl halides is 6. The lowest BCUT2D eigenvalue weighted by molar-refractivity contribution is -0.308. The van der Waals surface area contributed by atoms with E-state index in [1.807, 2.05) is 25.1 Å². The van der Waals surface area contributed by atoms with Crippen LogP contribution in [-0.4, -0.2) is 97.6 Å². The average Bonchev–Trinajstić information content (AvgIpc) is 2.86.